The standard InChI is InChI=1S/C24H28N2O3S/c25-15-20-4-3-7-24(14-20)30(27,28)18-21-12-13-26(17-21)16-19-8-10-23(11-9-19)29-22-5-1-2-6-22/h3-4,7-11,14,21-22H,1-2,5-6,12-13,16-18H2/t21-/m1/s1. The zero-order valence-corrected chi connectivity index (χ0v) is 18.0. The fourth-order valence-electron chi connectivity index (χ4n) is 4.49. The monoisotopic (exact) mass is 424 g/mol. The molecular formula is C24H28N2O3S. The summed E-state index contributed by atoms with van der Waals surface area (Å²) in [6.07, 6.45) is 6.07. The molecule has 1 saturated heterocycles. The van der Waals surface area contributed by atoms with E-state index in [9.17, 15) is 8.42 Å². The average molecular weight is 425 g/mol. The number of nitrogens with zero attached hydrogens (tertiary/aromatic N) is 2. The van der Waals surface area contributed by atoms with E-state index in [0.717, 1.165) is 44.6 Å². The Hall–Kier alpha value is -2.36. The van der Waals surface area contributed by atoms with Gasteiger partial charge in [0.05, 0.1) is 28.4 Å². The van der Waals surface area contributed by atoms with Crippen LogP contribution in [-0.4, -0.2) is 38.3 Å². The summed E-state index contributed by atoms with van der Waals surface area (Å²) in [5.74, 6) is 1.19. The van der Waals surface area contributed by atoms with Gasteiger partial charge in [-0.2, -0.15) is 5.26 Å². The van der Waals surface area contributed by atoms with Gasteiger partial charge >= 0.3 is 0 Å². The fraction of sp³-hybridized carbons (Fsp3) is 0.458. The molecule has 1 aliphatic carbocycles. The molecule has 0 spiro atoms. The van der Waals surface area contributed by atoms with Crippen LogP contribution in [-0.2, 0) is 16.4 Å². The molecule has 2 aliphatic rings. The number of ether oxygens (including phenoxy) is 1. The van der Waals surface area contributed by atoms with Crippen LogP contribution in [0.25, 0.3) is 0 Å². The van der Waals surface area contributed by atoms with Crippen molar-refractivity contribution >= 4 is 9.84 Å². The number of hydrogen-bond acceptors (Lipinski definition) is 5. The van der Waals surface area contributed by atoms with Crippen molar-refractivity contribution in [2.24, 2.45) is 5.92 Å². The Labute approximate surface area is 179 Å². The van der Waals surface area contributed by atoms with Gasteiger partial charge in [-0.15, -0.1) is 0 Å². The molecule has 6 heteroatoms. The highest BCUT2D eigenvalue weighted by molar-refractivity contribution is 7.91. The summed E-state index contributed by atoms with van der Waals surface area (Å²) in [7, 11) is -3.38. The quantitative estimate of drug-likeness (QED) is 0.667. The van der Waals surface area contributed by atoms with Gasteiger partial charge in [0.2, 0.25) is 0 Å². The van der Waals surface area contributed by atoms with E-state index in [4.69, 9.17) is 10.00 Å². The predicted octanol–water partition coefficient (Wildman–Crippen LogP) is 4.18. The Balaban J connectivity index is 1.30. The summed E-state index contributed by atoms with van der Waals surface area (Å²) in [6, 6.07) is 16.6. The van der Waals surface area contributed by atoms with E-state index in [0.29, 0.717) is 11.7 Å². The van der Waals surface area contributed by atoms with E-state index in [2.05, 4.69) is 17.0 Å². The van der Waals surface area contributed by atoms with E-state index < -0.39 is 9.84 Å². The lowest BCUT2D eigenvalue weighted by molar-refractivity contribution is 0.210. The lowest BCUT2D eigenvalue weighted by Gasteiger charge is -2.17. The molecule has 4 rings (SSSR count). The molecule has 158 valence electrons. The first-order chi connectivity index (χ1) is 14.5. The summed E-state index contributed by atoms with van der Waals surface area (Å²) < 4.78 is 31.5. The molecule has 2 fully saturated rings. The van der Waals surface area contributed by atoms with Gasteiger partial charge in [0.1, 0.15) is 5.75 Å². The first-order valence-electron chi connectivity index (χ1n) is 10.7. The summed E-state index contributed by atoms with van der Waals surface area (Å²) in [6.45, 7) is 2.50. The van der Waals surface area contributed by atoms with E-state index >= 15 is 0 Å². The van der Waals surface area contributed by atoms with Crippen LogP contribution in [0.3, 0.4) is 0 Å². The molecule has 1 atom stereocenters. The van der Waals surface area contributed by atoms with Gasteiger partial charge in [-0.3, -0.25) is 4.90 Å². The van der Waals surface area contributed by atoms with Gasteiger partial charge in [-0.05, 0) is 80.5 Å². The highest BCUT2D eigenvalue weighted by Crippen LogP contribution is 2.26. The normalized spacial score (nSPS) is 20.3. The molecule has 0 bridgehead atoms. The van der Waals surface area contributed by atoms with E-state index in [-0.39, 0.29) is 16.6 Å². The van der Waals surface area contributed by atoms with Gasteiger partial charge in [0, 0.05) is 13.1 Å². The SMILES string of the molecule is N#Cc1cccc(S(=O)(=O)C[C@@H]2CCN(Cc3ccc(OC4CCCC4)cc3)C2)c1. The largest absolute Gasteiger partial charge is 0.490 e. The van der Waals surface area contributed by atoms with Crippen molar-refractivity contribution in [2.45, 2.75) is 49.6 Å². The van der Waals surface area contributed by atoms with Gasteiger partial charge < -0.3 is 4.74 Å². The van der Waals surface area contributed by atoms with Crippen molar-refractivity contribution < 1.29 is 13.2 Å². The average Bonchev–Trinajstić information content (AvgIpc) is 3.41. The van der Waals surface area contributed by atoms with Crippen LogP contribution < -0.4 is 4.74 Å². The number of likely N-dealkylation sites (tertiary alicyclic amines) is 1. The highest BCUT2D eigenvalue weighted by atomic mass is 32.2. The van der Waals surface area contributed by atoms with Gasteiger partial charge in [0.15, 0.2) is 9.84 Å². The second-order valence-corrected chi connectivity index (χ2v) is 10.5. The molecule has 2 aromatic carbocycles. The van der Waals surface area contributed by atoms with Crippen LogP contribution in [0.5, 0.6) is 5.75 Å². The maximum atomic E-state index is 12.8. The summed E-state index contributed by atoms with van der Waals surface area (Å²) in [4.78, 5) is 2.57. The number of benzene rings is 2. The molecule has 0 aromatic heterocycles. The predicted molar refractivity (Wildman–Crippen MR) is 116 cm³/mol. The molecule has 0 unspecified atom stereocenters. The first kappa shape index (κ1) is 20.9. The second-order valence-electron chi connectivity index (χ2n) is 8.48. The fourth-order valence-corrected chi connectivity index (χ4v) is 6.17. The van der Waals surface area contributed by atoms with E-state index in [1.807, 2.05) is 18.2 Å². The van der Waals surface area contributed by atoms with Gasteiger partial charge in [0.25, 0.3) is 0 Å². The minimum atomic E-state index is -3.38. The van der Waals surface area contributed by atoms with Crippen LogP contribution in [0.15, 0.2) is 53.4 Å². The van der Waals surface area contributed by atoms with Crippen molar-refractivity contribution in [1.29, 1.82) is 5.26 Å². The van der Waals surface area contributed by atoms with Crippen LogP contribution in [0.4, 0.5) is 0 Å². The summed E-state index contributed by atoms with van der Waals surface area (Å²) >= 11 is 0. The van der Waals surface area contributed by atoms with Crippen molar-refractivity contribution in [3.8, 4) is 11.8 Å². The lowest BCUT2D eigenvalue weighted by Crippen LogP contribution is -2.23. The molecule has 5 nitrogen and oxygen atoms in total. The number of rotatable bonds is 7. The molecular weight excluding hydrogens is 396 g/mol. The topological polar surface area (TPSA) is 70.4 Å². The minimum Gasteiger partial charge on any atom is -0.490 e. The second kappa shape index (κ2) is 9.20. The minimum absolute atomic E-state index is 0.116. The molecule has 1 saturated carbocycles. The van der Waals surface area contributed by atoms with Crippen molar-refractivity contribution in [3.05, 3.63) is 59.7 Å². The Morgan fingerprint density at radius 2 is 1.83 bits per heavy atom. The van der Waals surface area contributed by atoms with Crippen LogP contribution in [0.1, 0.15) is 43.2 Å². The molecule has 0 radical (unpaired) electrons. The maximum absolute atomic E-state index is 12.8. The van der Waals surface area contributed by atoms with Gasteiger partial charge in [-0.25, -0.2) is 8.42 Å². The highest BCUT2D eigenvalue weighted by Gasteiger charge is 2.28. The summed E-state index contributed by atoms with van der Waals surface area (Å²) in [5.41, 5.74) is 1.60. The molecule has 0 N–H and O–H groups in total. The number of sulfone groups is 1. The third-order valence-electron chi connectivity index (χ3n) is 6.08. The zero-order chi connectivity index (χ0) is 21.0. The summed E-state index contributed by atoms with van der Waals surface area (Å²) in [5, 5.41) is 9.02. The first-order valence-corrected chi connectivity index (χ1v) is 12.4. The molecule has 2 aromatic rings. The van der Waals surface area contributed by atoms with E-state index in [1.54, 1.807) is 18.2 Å². The Kier molecular flexibility index (Phi) is 6.40. The van der Waals surface area contributed by atoms with Crippen molar-refractivity contribution in [2.75, 3.05) is 18.8 Å². The molecule has 1 heterocycles. The molecule has 1 aliphatic heterocycles. The third-order valence-corrected chi connectivity index (χ3v) is 7.96. The van der Waals surface area contributed by atoms with Gasteiger partial charge in [-0.1, -0.05) is 18.2 Å². The molecule has 30 heavy (non-hydrogen) atoms. The van der Waals surface area contributed by atoms with Crippen molar-refractivity contribution in [1.82, 2.24) is 4.90 Å². The zero-order valence-electron chi connectivity index (χ0n) is 17.2. The Bertz CT molecular complexity index is 1010. The maximum Gasteiger partial charge on any atom is 0.178 e. The Morgan fingerprint density at radius 1 is 1.07 bits per heavy atom. The molecule has 0 amide bonds. The Morgan fingerprint density at radius 3 is 2.57 bits per heavy atom. The van der Waals surface area contributed by atoms with Crippen LogP contribution in [0, 0.1) is 17.2 Å². The third kappa shape index (κ3) is 5.21. The van der Waals surface area contributed by atoms with Crippen molar-refractivity contribution in [3.63, 3.8) is 0 Å². The van der Waals surface area contributed by atoms with Crippen LogP contribution >= 0.6 is 0 Å². The number of nitriles is 1. The van der Waals surface area contributed by atoms with Crippen LogP contribution in [0.2, 0.25) is 0 Å². The van der Waals surface area contributed by atoms with E-state index in [1.165, 1.54) is 24.5 Å². The number of hydrogen-bond donors (Lipinski definition) is 0. The lowest BCUT2D eigenvalue weighted by atomic mass is 10.1. The smallest absolute Gasteiger partial charge is 0.178 e.